The minimum Gasteiger partial charge on any atom is -0.299 e. The van der Waals surface area contributed by atoms with E-state index in [1.54, 1.807) is 4.68 Å². The molecule has 1 aromatic heterocycles. The molecule has 0 bridgehead atoms. The van der Waals surface area contributed by atoms with Crippen molar-refractivity contribution in [1.29, 1.82) is 0 Å². The molecule has 4 heteroatoms. The van der Waals surface area contributed by atoms with E-state index in [1.165, 1.54) is 30.4 Å². The molecule has 1 aromatic carbocycles. The SMILES string of the molecule is Cc1nn(C)c(Cl)c1CN1CCC(Cc2ccccc2)CC1. The van der Waals surface area contributed by atoms with Gasteiger partial charge in [-0.2, -0.15) is 5.10 Å². The Balaban J connectivity index is 1.53. The molecule has 3 nitrogen and oxygen atoms in total. The first-order chi connectivity index (χ1) is 10.6. The van der Waals surface area contributed by atoms with E-state index < -0.39 is 0 Å². The van der Waals surface area contributed by atoms with Gasteiger partial charge < -0.3 is 0 Å². The fourth-order valence-electron chi connectivity index (χ4n) is 3.37. The number of nitrogens with zero attached hydrogens (tertiary/aromatic N) is 3. The van der Waals surface area contributed by atoms with Crippen molar-refractivity contribution in [3.8, 4) is 0 Å². The van der Waals surface area contributed by atoms with Crippen molar-refractivity contribution in [2.45, 2.75) is 32.7 Å². The molecule has 1 aliphatic heterocycles. The van der Waals surface area contributed by atoms with Crippen LogP contribution in [0.15, 0.2) is 30.3 Å². The summed E-state index contributed by atoms with van der Waals surface area (Å²) in [6, 6.07) is 10.8. The highest BCUT2D eigenvalue weighted by Crippen LogP contribution is 2.25. The number of halogens is 1. The third-order valence-electron chi connectivity index (χ3n) is 4.73. The fraction of sp³-hybridized carbons (Fsp3) is 0.500. The zero-order chi connectivity index (χ0) is 15.5. The predicted octanol–water partition coefficient (Wildman–Crippen LogP) is 3.84. The van der Waals surface area contributed by atoms with Crippen molar-refractivity contribution >= 4 is 11.6 Å². The van der Waals surface area contributed by atoms with Gasteiger partial charge in [-0.05, 0) is 50.8 Å². The number of likely N-dealkylation sites (tertiary alicyclic amines) is 1. The first-order valence-corrected chi connectivity index (χ1v) is 8.45. The van der Waals surface area contributed by atoms with Crippen molar-refractivity contribution in [3.05, 3.63) is 52.3 Å². The Morgan fingerprint density at radius 3 is 2.45 bits per heavy atom. The van der Waals surface area contributed by atoms with Crippen molar-refractivity contribution in [3.63, 3.8) is 0 Å². The summed E-state index contributed by atoms with van der Waals surface area (Å²) in [7, 11) is 1.91. The lowest BCUT2D eigenvalue weighted by Gasteiger charge is -2.32. The van der Waals surface area contributed by atoms with Gasteiger partial charge in [0.05, 0.1) is 5.69 Å². The molecule has 0 radical (unpaired) electrons. The van der Waals surface area contributed by atoms with Crippen molar-refractivity contribution in [2.75, 3.05) is 13.1 Å². The molecule has 1 aliphatic rings. The molecule has 1 saturated heterocycles. The van der Waals surface area contributed by atoms with Crippen LogP contribution in [0, 0.1) is 12.8 Å². The maximum absolute atomic E-state index is 6.34. The van der Waals surface area contributed by atoms with Gasteiger partial charge in [-0.3, -0.25) is 9.58 Å². The molecule has 2 heterocycles. The summed E-state index contributed by atoms with van der Waals surface area (Å²) < 4.78 is 1.77. The van der Waals surface area contributed by atoms with E-state index in [9.17, 15) is 0 Å². The maximum atomic E-state index is 6.34. The first-order valence-electron chi connectivity index (χ1n) is 8.07. The quantitative estimate of drug-likeness (QED) is 0.854. The Bertz CT molecular complexity index is 613. The van der Waals surface area contributed by atoms with Crippen LogP contribution in [-0.4, -0.2) is 27.8 Å². The third kappa shape index (κ3) is 3.53. The zero-order valence-corrected chi connectivity index (χ0v) is 14.2. The molecule has 0 aliphatic carbocycles. The van der Waals surface area contributed by atoms with E-state index >= 15 is 0 Å². The monoisotopic (exact) mass is 317 g/mol. The fourth-order valence-corrected chi connectivity index (χ4v) is 3.61. The van der Waals surface area contributed by atoms with Crippen LogP contribution in [0.4, 0.5) is 0 Å². The number of benzene rings is 1. The summed E-state index contributed by atoms with van der Waals surface area (Å²) in [6.07, 6.45) is 3.75. The largest absolute Gasteiger partial charge is 0.299 e. The summed E-state index contributed by atoms with van der Waals surface area (Å²) in [5, 5.41) is 5.19. The molecule has 0 unspecified atom stereocenters. The Morgan fingerprint density at radius 1 is 1.18 bits per heavy atom. The van der Waals surface area contributed by atoms with E-state index in [4.69, 9.17) is 11.6 Å². The van der Waals surface area contributed by atoms with Gasteiger partial charge in [0.25, 0.3) is 0 Å². The van der Waals surface area contributed by atoms with Gasteiger partial charge in [-0.15, -0.1) is 0 Å². The number of piperidine rings is 1. The Kier molecular flexibility index (Phi) is 4.84. The Morgan fingerprint density at radius 2 is 1.86 bits per heavy atom. The lowest BCUT2D eigenvalue weighted by molar-refractivity contribution is 0.177. The minimum absolute atomic E-state index is 0.781. The highest BCUT2D eigenvalue weighted by Gasteiger charge is 2.22. The number of hydrogen-bond donors (Lipinski definition) is 0. The van der Waals surface area contributed by atoms with Crippen molar-refractivity contribution in [1.82, 2.24) is 14.7 Å². The number of aromatic nitrogens is 2. The zero-order valence-electron chi connectivity index (χ0n) is 13.4. The highest BCUT2D eigenvalue weighted by molar-refractivity contribution is 6.30. The number of aryl methyl sites for hydroxylation is 2. The average molecular weight is 318 g/mol. The maximum Gasteiger partial charge on any atom is 0.131 e. The predicted molar refractivity (Wildman–Crippen MR) is 91.1 cm³/mol. The van der Waals surface area contributed by atoms with Gasteiger partial charge in [-0.25, -0.2) is 0 Å². The normalized spacial score (nSPS) is 17.0. The van der Waals surface area contributed by atoms with Gasteiger partial charge in [0.15, 0.2) is 0 Å². The molecule has 3 rings (SSSR count). The smallest absolute Gasteiger partial charge is 0.131 e. The van der Waals surface area contributed by atoms with E-state index in [0.29, 0.717) is 0 Å². The van der Waals surface area contributed by atoms with Crippen LogP contribution < -0.4 is 0 Å². The number of rotatable bonds is 4. The first kappa shape index (κ1) is 15.6. The second-order valence-corrected chi connectivity index (χ2v) is 6.75. The molecule has 0 N–H and O–H groups in total. The highest BCUT2D eigenvalue weighted by atomic mass is 35.5. The second-order valence-electron chi connectivity index (χ2n) is 6.39. The summed E-state index contributed by atoms with van der Waals surface area (Å²) >= 11 is 6.34. The van der Waals surface area contributed by atoms with Crippen LogP contribution in [0.25, 0.3) is 0 Å². The van der Waals surface area contributed by atoms with Crippen LogP contribution in [0.2, 0.25) is 5.15 Å². The third-order valence-corrected chi connectivity index (χ3v) is 5.20. The van der Waals surface area contributed by atoms with Crippen molar-refractivity contribution in [2.24, 2.45) is 13.0 Å². The molecule has 0 atom stereocenters. The summed E-state index contributed by atoms with van der Waals surface area (Å²) in [5.41, 5.74) is 3.71. The Hall–Kier alpha value is -1.32. The summed E-state index contributed by atoms with van der Waals surface area (Å²) in [4.78, 5) is 2.51. The lowest BCUT2D eigenvalue weighted by atomic mass is 9.90. The molecule has 2 aromatic rings. The molecule has 1 fully saturated rings. The standard InChI is InChI=1S/C18H24ClN3/c1-14-17(18(19)21(2)20-14)13-22-10-8-16(9-11-22)12-15-6-4-3-5-7-15/h3-7,16H,8-13H2,1-2H3. The van der Waals surface area contributed by atoms with Crippen LogP contribution in [0.3, 0.4) is 0 Å². The van der Waals surface area contributed by atoms with Crippen molar-refractivity contribution < 1.29 is 0 Å². The molecule has 0 amide bonds. The average Bonchev–Trinajstić information content (AvgIpc) is 2.77. The Labute approximate surface area is 137 Å². The van der Waals surface area contributed by atoms with Gasteiger partial charge in [-0.1, -0.05) is 41.9 Å². The van der Waals surface area contributed by atoms with Crippen LogP contribution in [0.1, 0.15) is 29.7 Å². The molecule has 0 saturated carbocycles. The molecule has 0 spiro atoms. The van der Waals surface area contributed by atoms with Crippen LogP contribution in [-0.2, 0) is 20.0 Å². The number of hydrogen-bond acceptors (Lipinski definition) is 2. The molecular formula is C18H24ClN3. The van der Waals surface area contributed by atoms with Crippen LogP contribution in [0.5, 0.6) is 0 Å². The van der Waals surface area contributed by atoms with Crippen LogP contribution >= 0.6 is 11.6 Å². The molecular weight excluding hydrogens is 294 g/mol. The molecule has 118 valence electrons. The van der Waals surface area contributed by atoms with Gasteiger partial charge >= 0.3 is 0 Å². The van der Waals surface area contributed by atoms with E-state index in [0.717, 1.165) is 36.4 Å². The van der Waals surface area contributed by atoms with E-state index in [1.807, 2.05) is 14.0 Å². The van der Waals surface area contributed by atoms with E-state index in [-0.39, 0.29) is 0 Å². The van der Waals surface area contributed by atoms with Gasteiger partial charge in [0, 0.05) is 19.2 Å². The second kappa shape index (κ2) is 6.84. The topological polar surface area (TPSA) is 21.1 Å². The van der Waals surface area contributed by atoms with E-state index in [2.05, 4.69) is 40.3 Å². The van der Waals surface area contributed by atoms with Gasteiger partial charge in [0.1, 0.15) is 5.15 Å². The lowest BCUT2D eigenvalue weighted by Crippen LogP contribution is -2.34. The molecule has 22 heavy (non-hydrogen) atoms. The minimum atomic E-state index is 0.781. The summed E-state index contributed by atoms with van der Waals surface area (Å²) in [5.74, 6) is 0.809. The van der Waals surface area contributed by atoms with Gasteiger partial charge in [0.2, 0.25) is 0 Å². The summed E-state index contributed by atoms with van der Waals surface area (Å²) in [6.45, 7) is 5.28.